The van der Waals surface area contributed by atoms with Crippen LogP contribution in [-0.2, 0) is 0 Å². The number of hydrogen-bond donors (Lipinski definition) is 1. The van der Waals surface area contributed by atoms with Crippen molar-refractivity contribution >= 4 is 17.4 Å². The molecule has 2 aromatic rings. The lowest BCUT2D eigenvalue weighted by molar-refractivity contribution is 0.0747. The summed E-state index contributed by atoms with van der Waals surface area (Å²) < 4.78 is 0. The highest BCUT2D eigenvalue weighted by molar-refractivity contribution is 6.30. The molecule has 0 amide bonds. The molecule has 0 saturated heterocycles. The van der Waals surface area contributed by atoms with Crippen LogP contribution in [0.4, 0.5) is 0 Å². The second kappa shape index (κ2) is 5.13. The van der Waals surface area contributed by atoms with Crippen molar-refractivity contribution in [3.05, 3.63) is 70.7 Å². The SMILES string of the molecule is O=C(c1ccccc1)[C@@H](O)c1ccc(Cl)cc1. The molecule has 2 aromatic carbocycles. The number of aliphatic hydroxyl groups is 1. The Balaban J connectivity index is 2.23. The van der Waals surface area contributed by atoms with Crippen molar-refractivity contribution in [2.45, 2.75) is 6.10 Å². The molecule has 0 aliphatic heterocycles. The highest BCUT2D eigenvalue weighted by Crippen LogP contribution is 2.20. The van der Waals surface area contributed by atoms with Crippen LogP contribution in [-0.4, -0.2) is 10.9 Å². The van der Waals surface area contributed by atoms with Crippen LogP contribution in [0.3, 0.4) is 0 Å². The fourth-order valence-corrected chi connectivity index (χ4v) is 1.68. The van der Waals surface area contributed by atoms with Crippen molar-refractivity contribution in [1.82, 2.24) is 0 Å². The topological polar surface area (TPSA) is 37.3 Å². The molecule has 0 aromatic heterocycles. The molecule has 2 rings (SSSR count). The summed E-state index contributed by atoms with van der Waals surface area (Å²) in [6, 6.07) is 15.3. The van der Waals surface area contributed by atoms with Crippen molar-refractivity contribution in [2.24, 2.45) is 0 Å². The Morgan fingerprint density at radius 3 is 2.18 bits per heavy atom. The van der Waals surface area contributed by atoms with E-state index >= 15 is 0 Å². The van der Waals surface area contributed by atoms with Crippen molar-refractivity contribution in [3.63, 3.8) is 0 Å². The number of carbonyl (C=O) groups is 1. The third kappa shape index (κ3) is 2.73. The Morgan fingerprint density at radius 2 is 1.59 bits per heavy atom. The van der Waals surface area contributed by atoms with Crippen LogP contribution < -0.4 is 0 Å². The molecule has 0 saturated carbocycles. The maximum absolute atomic E-state index is 11.9. The van der Waals surface area contributed by atoms with E-state index in [9.17, 15) is 9.90 Å². The predicted molar refractivity (Wildman–Crippen MR) is 67.2 cm³/mol. The van der Waals surface area contributed by atoms with Crippen LogP contribution in [0.25, 0.3) is 0 Å². The Morgan fingerprint density at radius 1 is 1.00 bits per heavy atom. The van der Waals surface area contributed by atoms with Gasteiger partial charge in [-0.1, -0.05) is 54.1 Å². The molecule has 0 bridgehead atoms. The van der Waals surface area contributed by atoms with Crippen LogP contribution in [0.1, 0.15) is 22.0 Å². The van der Waals surface area contributed by atoms with Gasteiger partial charge in [0.2, 0.25) is 0 Å². The molecule has 0 spiro atoms. The van der Waals surface area contributed by atoms with Gasteiger partial charge >= 0.3 is 0 Å². The average Bonchev–Trinajstić information content (AvgIpc) is 2.39. The van der Waals surface area contributed by atoms with Gasteiger partial charge in [0, 0.05) is 10.6 Å². The van der Waals surface area contributed by atoms with Crippen LogP contribution in [0.15, 0.2) is 54.6 Å². The maximum atomic E-state index is 11.9. The lowest BCUT2D eigenvalue weighted by Gasteiger charge is -2.09. The lowest BCUT2D eigenvalue weighted by atomic mass is 10.0. The molecule has 0 unspecified atom stereocenters. The molecule has 2 nitrogen and oxygen atoms in total. The standard InChI is InChI=1S/C14H11ClO2/c15-12-8-6-11(7-9-12)14(17)13(16)10-4-2-1-3-5-10/h1-9,14,17H/t14-/m0/s1. The second-order valence-electron chi connectivity index (χ2n) is 3.68. The van der Waals surface area contributed by atoms with Gasteiger partial charge in [-0.25, -0.2) is 0 Å². The van der Waals surface area contributed by atoms with Gasteiger partial charge < -0.3 is 5.11 Å². The number of Topliss-reactive ketones (excluding diaryl/α,β-unsaturated/α-hetero) is 1. The van der Waals surface area contributed by atoms with E-state index in [1.54, 1.807) is 48.5 Å². The number of hydrogen-bond acceptors (Lipinski definition) is 2. The lowest BCUT2D eigenvalue weighted by Crippen LogP contribution is -2.11. The van der Waals surface area contributed by atoms with E-state index in [0.717, 1.165) is 0 Å². The van der Waals surface area contributed by atoms with E-state index < -0.39 is 6.10 Å². The minimum atomic E-state index is -1.14. The van der Waals surface area contributed by atoms with Crippen LogP contribution in [0.5, 0.6) is 0 Å². The normalized spacial score (nSPS) is 12.1. The van der Waals surface area contributed by atoms with Crippen molar-refractivity contribution in [2.75, 3.05) is 0 Å². The Bertz CT molecular complexity index is 506. The first-order valence-electron chi connectivity index (χ1n) is 5.21. The smallest absolute Gasteiger partial charge is 0.195 e. The number of halogens is 1. The molecule has 86 valence electrons. The highest BCUT2D eigenvalue weighted by Gasteiger charge is 2.18. The van der Waals surface area contributed by atoms with Crippen molar-refractivity contribution in [1.29, 1.82) is 0 Å². The molecule has 17 heavy (non-hydrogen) atoms. The molecule has 1 atom stereocenters. The number of aliphatic hydroxyl groups excluding tert-OH is 1. The molecule has 1 N–H and O–H groups in total. The van der Waals surface area contributed by atoms with E-state index in [1.807, 2.05) is 6.07 Å². The van der Waals surface area contributed by atoms with E-state index in [0.29, 0.717) is 16.1 Å². The van der Waals surface area contributed by atoms with Gasteiger partial charge in [0.1, 0.15) is 6.10 Å². The van der Waals surface area contributed by atoms with Gasteiger partial charge in [-0.3, -0.25) is 4.79 Å². The van der Waals surface area contributed by atoms with Crippen molar-refractivity contribution < 1.29 is 9.90 Å². The zero-order valence-corrected chi connectivity index (χ0v) is 9.76. The first kappa shape index (κ1) is 11.8. The molecule has 0 aliphatic carbocycles. The quantitative estimate of drug-likeness (QED) is 0.844. The molecule has 0 aliphatic rings. The summed E-state index contributed by atoms with van der Waals surface area (Å²) in [6.45, 7) is 0. The van der Waals surface area contributed by atoms with E-state index in [2.05, 4.69) is 0 Å². The summed E-state index contributed by atoms with van der Waals surface area (Å²) >= 11 is 5.75. The summed E-state index contributed by atoms with van der Waals surface area (Å²) in [5.74, 6) is -0.312. The number of benzene rings is 2. The minimum Gasteiger partial charge on any atom is -0.380 e. The molecule has 0 fully saturated rings. The van der Waals surface area contributed by atoms with Gasteiger partial charge in [-0.15, -0.1) is 0 Å². The van der Waals surface area contributed by atoms with Crippen LogP contribution >= 0.6 is 11.6 Å². The van der Waals surface area contributed by atoms with Crippen molar-refractivity contribution in [3.8, 4) is 0 Å². The first-order valence-corrected chi connectivity index (χ1v) is 5.59. The third-order valence-electron chi connectivity index (χ3n) is 2.49. The molecule has 0 radical (unpaired) electrons. The van der Waals surface area contributed by atoms with Gasteiger partial charge in [0.15, 0.2) is 5.78 Å². The largest absolute Gasteiger partial charge is 0.380 e. The minimum absolute atomic E-state index is 0.312. The Labute approximate surface area is 104 Å². The zero-order valence-electron chi connectivity index (χ0n) is 9.01. The third-order valence-corrected chi connectivity index (χ3v) is 2.74. The van der Waals surface area contributed by atoms with E-state index in [1.165, 1.54) is 0 Å². The van der Waals surface area contributed by atoms with Crippen LogP contribution in [0.2, 0.25) is 5.02 Å². The van der Waals surface area contributed by atoms with Gasteiger partial charge in [-0.05, 0) is 17.7 Å². The summed E-state index contributed by atoms with van der Waals surface area (Å²) in [7, 11) is 0. The Hall–Kier alpha value is -1.64. The Kier molecular flexibility index (Phi) is 3.57. The number of rotatable bonds is 3. The average molecular weight is 247 g/mol. The second-order valence-corrected chi connectivity index (χ2v) is 4.12. The fraction of sp³-hybridized carbons (Fsp3) is 0.0714. The van der Waals surface area contributed by atoms with Gasteiger partial charge in [-0.2, -0.15) is 0 Å². The zero-order chi connectivity index (χ0) is 12.3. The molecule has 0 heterocycles. The van der Waals surface area contributed by atoms with Gasteiger partial charge in [0.05, 0.1) is 0 Å². The van der Waals surface area contributed by atoms with E-state index in [4.69, 9.17) is 11.6 Å². The van der Waals surface area contributed by atoms with E-state index in [-0.39, 0.29) is 5.78 Å². The maximum Gasteiger partial charge on any atom is 0.195 e. The highest BCUT2D eigenvalue weighted by atomic mass is 35.5. The first-order chi connectivity index (χ1) is 8.18. The molecular formula is C14H11ClO2. The molecular weight excluding hydrogens is 236 g/mol. The molecule has 3 heteroatoms. The summed E-state index contributed by atoms with van der Waals surface area (Å²) in [4.78, 5) is 11.9. The summed E-state index contributed by atoms with van der Waals surface area (Å²) in [6.07, 6.45) is -1.14. The number of ketones is 1. The fourth-order valence-electron chi connectivity index (χ4n) is 1.56. The number of carbonyl (C=O) groups excluding carboxylic acids is 1. The van der Waals surface area contributed by atoms with Crippen LogP contribution in [0, 0.1) is 0 Å². The van der Waals surface area contributed by atoms with Gasteiger partial charge in [0.25, 0.3) is 0 Å². The summed E-state index contributed by atoms with van der Waals surface area (Å²) in [5.41, 5.74) is 1.04. The summed E-state index contributed by atoms with van der Waals surface area (Å²) in [5, 5.41) is 10.5. The monoisotopic (exact) mass is 246 g/mol. The predicted octanol–water partition coefficient (Wildman–Crippen LogP) is 3.26.